The quantitative estimate of drug-likeness (QED) is 0.579. The first-order valence-electron chi connectivity index (χ1n) is 11.3. The summed E-state index contributed by atoms with van der Waals surface area (Å²) in [6.07, 6.45) is 2.26. The van der Waals surface area contributed by atoms with Gasteiger partial charge in [-0.1, -0.05) is 6.07 Å². The van der Waals surface area contributed by atoms with Gasteiger partial charge in [0.25, 0.3) is 5.91 Å². The van der Waals surface area contributed by atoms with E-state index in [0.29, 0.717) is 24.6 Å². The van der Waals surface area contributed by atoms with E-state index in [1.54, 1.807) is 0 Å². The lowest BCUT2D eigenvalue weighted by Gasteiger charge is -2.23. The Morgan fingerprint density at radius 1 is 1.19 bits per heavy atom. The highest BCUT2D eigenvalue weighted by atomic mass is 16.7. The smallest absolute Gasteiger partial charge is 0.255 e. The monoisotopic (exact) mass is 434 g/mol. The summed E-state index contributed by atoms with van der Waals surface area (Å²) in [5.41, 5.74) is 4.14. The van der Waals surface area contributed by atoms with E-state index in [1.807, 2.05) is 47.7 Å². The summed E-state index contributed by atoms with van der Waals surface area (Å²) in [5, 5.41) is 5.65. The Balaban J connectivity index is 1.56. The van der Waals surface area contributed by atoms with Crippen LogP contribution in [-0.4, -0.2) is 38.9 Å². The van der Waals surface area contributed by atoms with Crippen LogP contribution < -0.4 is 9.47 Å². The van der Waals surface area contributed by atoms with Crippen molar-refractivity contribution in [1.82, 2.24) is 19.7 Å². The second-order valence-corrected chi connectivity index (χ2v) is 9.74. The summed E-state index contributed by atoms with van der Waals surface area (Å²) in [6, 6.07) is 7.86. The molecule has 0 saturated heterocycles. The summed E-state index contributed by atoms with van der Waals surface area (Å²) in [7, 11) is 0. The fourth-order valence-electron chi connectivity index (χ4n) is 4.29. The first-order valence-corrected chi connectivity index (χ1v) is 11.3. The van der Waals surface area contributed by atoms with E-state index in [0.717, 1.165) is 52.3 Å². The molecule has 0 radical (unpaired) electrons. The third-order valence-corrected chi connectivity index (χ3v) is 6.17. The molecule has 3 aromatic rings. The van der Waals surface area contributed by atoms with Gasteiger partial charge in [-0.25, -0.2) is 9.67 Å². The van der Waals surface area contributed by atoms with Crippen LogP contribution in [0.4, 0.5) is 0 Å². The summed E-state index contributed by atoms with van der Waals surface area (Å²) in [4.78, 5) is 20.7. The van der Waals surface area contributed by atoms with Crippen LogP contribution in [0.5, 0.6) is 11.5 Å². The highest BCUT2D eigenvalue weighted by molar-refractivity contribution is 6.06. The summed E-state index contributed by atoms with van der Waals surface area (Å²) < 4.78 is 12.9. The largest absolute Gasteiger partial charge is 0.454 e. The van der Waals surface area contributed by atoms with Crippen LogP contribution in [0.3, 0.4) is 0 Å². The SMILES string of the molecule is CCN(Cc1ccc2c(c1)OCO2)C(=O)c1cc(C2CC2)nc2c1c(C)nn2C(C)(C)C. The van der Waals surface area contributed by atoms with Crippen molar-refractivity contribution >= 4 is 16.9 Å². The average Bonchev–Trinajstić information content (AvgIpc) is 3.41. The number of pyridine rings is 1. The Kier molecular flexibility index (Phi) is 4.87. The number of benzene rings is 1. The lowest BCUT2D eigenvalue weighted by Crippen LogP contribution is -2.31. The maximum absolute atomic E-state index is 13.8. The van der Waals surface area contributed by atoms with Gasteiger partial charge in [0.15, 0.2) is 17.1 Å². The number of aromatic nitrogens is 3. The van der Waals surface area contributed by atoms with E-state index in [9.17, 15) is 4.79 Å². The summed E-state index contributed by atoms with van der Waals surface area (Å²) in [5.74, 6) is 1.93. The molecule has 5 rings (SSSR count). The number of fused-ring (bicyclic) bond motifs is 2. The van der Waals surface area contributed by atoms with E-state index >= 15 is 0 Å². The molecule has 0 bridgehead atoms. The Hall–Kier alpha value is -3.09. The fraction of sp³-hybridized carbons (Fsp3) is 0.480. The Bertz CT molecular complexity index is 1200. The molecule has 1 fully saturated rings. The third kappa shape index (κ3) is 3.59. The standard InChI is InChI=1S/C25H30N4O3/c1-6-28(13-16-7-10-20-21(11-16)32-14-31-20)24(30)18-12-19(17-8-9-17)26-23-22(18)15(2)27-29(23)25(3,4)5/h7,10-12,17H,6,8-9,13-14H2,1-5H3. The zero-order valence-electron chi connectivity index (χ0n) is 19.4. The molecule has 1 saturated carbocycles. The minimum atomic E-state index is -0.223. The maximum Gasteiger partial charge on any atom is 0.255 e. The molecule has 1 amide bonds. The van der Waals surface area contributed by atoms with Crippen LogP contribution >= 0.6 is 0 Å². The summed E-state index contributed by atoms with van der Waals surface area (Å²) in [6.45, 7) is 11.7. The van der Waals surface area contributed by atoms with Crippen LogP contribution in [0, 0.1) is 6.92 Å². The highest BCUT2D eigenvalue weighted by Gasteiger charge is 2.31. The van der Waals surface area contributed by atoms with Crippen molar-refractivity contribution < 1.29 is 14.3 Å². The molecule has 7 heteroatoms. The Labute approximate surface area is 188 Å². The van der Waals surface area contributed by atoms with Crippen molar-refractivity contribution in [3.8, 4) is 11.5 Å². The Morgan fingerprint density at radius 2 is 1.94 bits per heavy atom. The first-order chi connectivity index (χ1) is 15.3. The van der Waals surface area contributed by atoms with Gasteiger partial charge in [0.2, 0.25) is 6.79 Å². The number of carbonyl (C=O) groups excluding carboxylic acids is 1. The van der Waals surface area contributed by atoms with E-state index in [4.69, 9.17) is 19.6 Å². The van der Waals surface area contributed by atoms with Crippen molar-refractivity contribution in [2.45, 2.75) is 65.5 Å². The topological polar surface area (TPSA) is 69.5 Å². The molecule has 7 nitrogen and oxygen atoms in total. The number of aryl methyl sites for hydroxylation is 1. The zero-order valence-corrected chi connectivity index (χ0v) is 19.4. The van der Waals surface area contributed by atoms with Gasteiger partial charge >= 0.3 is 0 Å². The molecule has 1 aromatic carbocycles. The summed E-state index contributed by atoms with van der Waals surface area (Å²) >= 11 is 0. The van der Waals surface area contributed by atoms with Gasteiger partial charge in [0.1, 0.15) is 0 Å². The van der Waals surface area contributed by atoms with Crippen LogP contribution in [-0.2, 0) is 12.1 Å². The molecular weight excluding hydrogens is 404 g/mol. The molecule has 2 aromatic heterocycles. The lowest BCUT2D eigenvalue weighted by molar-refractivity contribution is 0.0754. The third-order valence-electron chi connectivity index (χ3n) is 6.17. The molecule has 0 N–H and O–H groups in total. The second-order valence-electron chi connectivity index (χ2n) is 9.74. The van der Waals surface area contributed by atoms with Gasteiger partial charge in [-0.15, -0.1) is 0 Å². The number of rotatable bonds is 5. The van der Waals surface area contributed by atoms with E-state index in [2.05, 4.69) is 20.8 Å². The molecule has 32 heavy (non-hydrogen) atoms. The Morgan fingerprint density at radius 3 is 2.62 bits per heavy atom. The van der Waals surface area contributed by atoms with Crippen LogP contribution in [0.1, 0.15) is 73.8 Å². The highest BCUT2D eigenvalue weighted by Crippen LogP contribution is 2.41. The van der Waals surface area contributed by atoms with Gasteiger partial charge in [-0.05, 0) is 71.2 Å². The van der Waals surface area contributed by atoms with Crippen LogP contribution in [0.25, 0.3) is 11.0 Å². The number of ether oxygens (including phenoxy) is 2. The molecule has 0 atom stereocenters. The van der Waals surface area contributed by atoms with Gasteiger partial charge in [0, 0.05) is 24.7 Å². The first kappa shape index (κ1) is 20.8. The number of hydrogen-bond donors (Lipinski definition) is 0. The average molecular weight is 435 g/mol. The van der Waals surface area contributed by atoms with E-state index < -0.39 is 0 Å². The van der Waals surface area contributed by atoms with Gasteiger partial charge in [-0.2, -0.15) is 5.10 Å². The van der Waals surface area contributed by atoms with Crippen molar-refractivity contribution in [3.63, 3.8) is 0 Å². The molecule has 1 aliphatic heterocycles. The van der Waals surface area contributed by atoms with Gasteiger partial charge in [0.05, 0.1) is 22.2 Å². The molecule has 0 spiro atoms. The molecule has 1 aliphatic carbocycles. The minimum Gasteiger partial charge on any atom is -0.454 e. The number of hydrogen-bond acceptors (Lipinski definition) is 5. The van der Waals surface area contributed by atoms with Crippen molar-refractivity contribution in [2.24, 2.45) is 0 Å². The lowest BCUT2D eigenvalue weighted by atomic mass is 10.0. The second kappa shape index (κ2) is 7.50. The fourth-order valence-corrected chi connectivity index (χ4v) is 4.29. The van der Waals surface area contributed by atoms with Gasteiger partial charge < -0.3 is 14.4 Å². The van der Waals surface area contributed by atoms with Crippen molar-refractivity contribution in [1.29, 1.82) is 0 Å². The predicted molar refractivity (Wildman–Crippen MR) is 122 cm³/mol. The number of amides is 1. The molecular formula is C25H30N4O3. The molecule has 3 heterocycles. The predicted octanol–water partition coefficient (Wildman–Crippen LogP) is 4.76. The normalized spacial score (nSPS) is 15.4. The molecule has 2 aliphatic rings. The van der Waals surface area contributed by atoms with Crippen molar-refractivity contribution in [2.75, 3.05) is 13.3 Å². The maximum atomic E-state index is 13.8. The number of nitrogens with zero attached hydrogens (tertiary/aromatic N) is 4. The van der Waals surface area contributed by atoms with Crippen LogP contribution in [0.15, 0.2) is 24.3 Å². The van der Waals surface area contributed by atoms with E-state index in [-0.39, 0.29) is 18.2 Å². The zero-order chi connectivity index (χ0) is 22.6. The van der Waals surface area contributed by atoms with Crippen LogP contribution in [0.2, 0.25) is 0 Å². The minimum absolute atomic E-state index is 0.0102. The van der Waals surface area contributed by atoms with E-state index in [1.165, 1.54) is 0 Å². The molecule has 168 valence electrons. The van der Waals surface area contributed by atoms with Gasteiger partial charge in [-0.3, -0.25) is 4.79 Å². The van der Waals surface area contributed by atoms with Crippen molar-refractivity contribution in [3.05, 3.63) is 46.8 Å². The number of carbonyl (C=O) groups is 1. The molecule has 0 unspecified atom stereocenters.